The van der Waals surface area contributed by atoms with E-state index in [1.54, 1.807) is 7.11 Å². The minimum Gasteiger partial charge on any atom is -0.496 e. The van der Waals surface area contributed by atoms with Crippen molar-refractivity contribution in [1.29, 1.82) is 0 Å². The number of aromatic nitrogens is 2. The van der Waals surface area contributed by atoms with Gasteiger partial charge in [0.2, 0.25) is 5.91 Å². The molecule has 1 aliphatic carbocycles. The molecule has 1 saturated carbocycles. The van der Waals surface area contributed by atoms with Gasteiger partial charge in [-0.1, -0.05) is 48.5 Å². The van der Waals surface area contributed by atoms with Crippen molar-refractivity contribution in [2.45, 2.75) is 24.3 Å². The number of ether oxygens (including phenoxy) is 1. The Labute approximate surface area is 204 Å². The number of carbonyl (C=O) groups is 1. The molecule has 1 amide bonds. The van der Waals surface area contributed by atoms with Crippen LogP contribution in [0.15, 0.2) is 60.7 Å². The summed E-state index contributed by atoms with van der Waals surface area (Å²) in [5.74, 6) is 0.949. The van der Waals surface area contributed by atoms with Crippen molar-refractivity contribution >= 4 is 34.6 Å². The van der Waals surface area contributed by atoms with Crippen molar-refractivity contribution < 1.29 is 9.53 Å². The van der Waals surface area contributed by atoms with Gasteiger partial charge in [-0.15, -0.1) is 0 Å². The molecule has 2 heterocycles. The Morgan fingerprint density at radius 1 is 1.11 bits per heavy atom. The summed E-state index contributed by atoms with van der Waals surface area (Å²) in [5.41, 5.74) is 6.75. The monoisotopic (exact) mass is 464 g/mol. The van der Waals surface area contributed by atoms with Gasteiger partial charge in [0.25, 0.3) is 0 Å². The molecule has 176 valence electrons. The van der Waals surface area contributed by atoms with Gasteiger partial charge in [0, 0.05) is 29.1 Å². The molecule has 0 radical (unpaired) electrons. The van der Waals surface area contributed by atoms with E-state index in [2.05, 4.69) is 77.0 Å². The number of rotatable bonds is 6. The lowest BCUT2D eigenvalue weighted by Gasteiger charge is -2.12. The average Bonchev–Trinajstić information content (AvgIpc) is 3.39. The summed E-state index contributed by atoms with van der Waals surface area (Å²) in [5, 5.41) is 11.8. The number of amides is 1. The van der Waals surface area contributed by atoms with E-state index < -0.39 is 5.41 Å². The van der Waals surface area contributed by atoms with Crippen molar-refractivity contribution in [3.05, 3.63) is 88.6 Å². The summed E-state index contributed by atoms with van der Waals surface area (Å²) in [6, 6.07) is 20.7. The predicted molar refractivity (Wildman–Crippen MR) is 140 cm³/mol. The molecule has 0 saturated heterocycles. The zero-order valence-corrected chi connectivity index (χ0v) is 20.1. The van der Waals surface area contributed by atoms with Crippen LogP contribution in [0, 0.1) is 0 Å². The van der Waals surface area contributed by atoms with Gasteiger partial charge in [-0.25, -0.2) is 0 Å². The van der Waals surface area contributed by atoms with Crippen molar-refractivity contribution in [2.24, 2.45) is 0 Å². The van der Waals surface area contributed by atoms with E-state index in [0.29, 0.717) is 0 Å². The number of H-pyrrole nitrogens is 1. The molecule has 1 aromatic heterocycles. The van der Waals surface area contributed by atoms with Gasteiger partial charge >= 0.3 is 0 Å². The quantitative estimate of drug-likeness (QED) is 0.413. The van der Waals surface area contributed by atoms with E-state index in [-0.39, 0.29) is 11.8 Å². The molecule has 3 aromatic carbocycles. The lowest BCUT2D eigenvalue weighted by molar-refractivity contribution is -0.118. The molecule has 1 aliphatic heterocycles. The highest BCUT2D eigenvalue weighted by molar-refractivity contribution is 6.10. The number of benzene rings is 3. The van der Waals surface area contributed by atoms with Crippen molar-refractivity contribution in [3.8, 4) is 5.75 Å². The lowest BCUT2D eigenvalue weighted by Crippen LogP contribution is -2.21. The Kier molecular flexibility index (Phi) is 5.00. The summed E-state index contributed by atoms with van der Waals surface area (Å²) in [6.07, 6.45) is 4.88. The smallest absolute Gasteiger partial charge is 0.235 e. The molecule has 4 aromatic rings. The van der Waals surface area contributed by atoms with Crippen LogP contribution >= 0.6 is 0 Å². The van der Waals surface area contributed by atoms with Gasteiger partial charge in [-0.3, -0.25) is 9.89 Å². The number of hydrogen-bond acceptors (Lipinski definition) is 4. The zero-order chi connectivity index (χ0) is 24.2. The van der Waals surface area contributed by atoms with E-state index in [1.807, 2.05) is 30.3 Å². The molecule has 2 atom stereocenters. The third kappa shape index (κ3) is 3.53. The molecule has 6 rings (SSSR count). The van der Waals surface area contributed by atoms with Crippen LogP contribution in [0.1, 0.15) is 40.3 Å². The molecule has 6 heteroatoms. The summed E-state index contributed by atoms with van der Waals surface area (Å²) >= 11 is 0. The number of anilines is 1. The van der Waals surface area contributed by atoms with Crippen LogP contribution < -0.4 is 10.1 Å². The molecule has 2 N–H and O–H groups in total. The Bertz CT molecular complexity index is 1470. The van der Waals surface area contributed by atoms with E-state index >= 15 is 0 Å². The fourth-order valence-corrected chi connectivity index (χ4v) is 5.46. The first-order valence-electron chi connectivity index (χ1n) is 11.9. The highest BCUT2D eigenvalue weighted by Gasteiger charge is 2.65. The first-order valence-corrected chi connectivity index (χ1v) is 11.9. The molecule has 1 fully saturated rings. The van der Waals surface area contributed by atoms with Crippen LogP contribution in [0.4, 0.5) is 5.69 Å². The number of carbonyl (C=O) groups excluding carboxylic acids is 1. The fourth-order valence-electron chi connectivity index (χ4n) is 5.46. The topological polar surface area (TPSA) is 70.2 Å². The van der Waals surface area contributed by atoms with Crippen molar-refractivity contribution in [2.75, 3.05) is 26.5 Å². The SMILES string of the molecule is COc1cc2c(/C=C/c3ccc(CN(C)C)cc3)n[nH]c2cc1[C@H]1C[C@]12C(=O)Nc1ccccc12. The van der Waals surface area contributed by atoms with Crippen LogP contribution in [0.5, 0.6) is 5.75 Å². The van der Waals surface area contributed by atoms with Gasteiger partial charge in [0.05, 0.1) is 23.7 Å². The number of nitrogens with one attached hydrogen (secondary N) is 2. The third-order valence-corrected chi connectivity index (χ3v) is 7.25. The maximum absolute atomic E-state index is 13.0. The maximum atomic E-state index is 13.0. The molecule has 0 bridgehead atoms. The van der Waals surface area contributed by atoms with Gasteiger partial charge in [0.15, 0.2) is 0 Å². The number of nitrogens with zero attached hydrogens (tertiary/aromatic N) is 2. The second-order valence-electron chi connectivity index (χ2n) is 9.79. The minimum atomic E-state index is -0.501. The normalized spacial score (nSPS) is 20.7. The number of hydrogen-bond donors (Lipinski definition) is 2. The van der Waals surface area contributed by atoms with Crippen molar-refractivity contribution in [3.63, 3.8) is 0 Å². The number of fused-ring (bicyclic) bond motifs is 3. The van der Waals surface area contributed by atoms with Crippen LogP contribution in [-0.2, 0) is 16.8 Å². The Balaban J connectivity index is 1.30. The van der Waals surface area contributed by atoms with E-state index in [0.717, 1.165) is 57.7 Å². The summed E-state index contributed by atoms with van der Waals surface area (Å²) in [6.45, 7) is 0.922. The third-order valence-electron chi connectivity index (χ3n) is 7.25. The van der Waals surface area contributed by atoms with Crippen LogP contribution in [-0.4, -0.2) is 42.2 Å². The molecule has 0 unspecified atom stereocenters. The van der Waals surface area contributed by atoms with Gasteiger partial charge in [-0.2, -0.15) is 5.10 Å². The maximum Gasteiger partial charge on any atom is 0.235 e. The first kappa shape index (κ1) is 21.6. The first-order chi connectivity index (χ1) is 17.0. The minimum absolute atomic E-state index is 0.0773. The highest BCUT2D eigenvalue weighted by Crippen LogP contribution is 2.66. The Morgan fingerprint density at radius 3 is 2.69 bits per heavy atom. The standard InChI is InChI=1S/C29H28N4O2/c1-33(2)17-19-10-8-18(9-11-19)12-13-24-21-15-27(35-3)20(14-26(21)32-31-24)23-16-29(23)22-6-4-5-7-25(22)30-28(29)34/h4-15,23H,16-17H2,1-3H3,(H,30,34)(H,31,32)/b13-12+/t23-,29-/m1/s1. The van der Waals surface area contributed by atoms with E-state index in [9.17, 15) is 4.79 Å². The zero-order valence-electron chi connectivity index (χ0n) is 20.1. The fraction of sp³-hybridized carbons (Fsp3) is 0.241. The van der Waals surface area contributed by atoms with E-state index in [4.69, 9.17) is 4.74 Å². The van der Waals surface area contributed by atoms with Crippen LogP contribution in [0.25, 0.3) is 23.1 Å². The van der Waals surface area contributed by atoms with Gasteiger partial charge < -0.3 is 15.0 Å². The molecule has 35 heavy (non-hydrogen) atoms. The largest absolute Gasteiger partial charge is 0.496 e. The number of para-hydroxylation sites is 1. The summed E-state index contributed by atoms with van der Waals surface area (Å²) in [7, 11) is 5.83. The molecule has 6 nitrogen and oxygen atoms in total. The van der Waals surface area contributed by atoms with E-state index in [1.165, 1.54) is 5.56 Å². The van der Waals surface area contributed by atoms with Crippen LogP contribution in [0.3, 0.4) is 0 Å². The Morgan fingerprint density at radius 2 is 1.91 bits per heavy atom. The average molecular weight is 465 g/mol. The van der Waals surface area contributed by atoms with Gasteiger partial charge in [-0.05, 0) is 61.5 Å². The lowest BCUT2D eigenvalue weighted by atomic mass is 9.91. The number of methoxy groups -OCH3 is 1. The molecular formula is C29H28N4O2. The second-order valence-corrected chi connectivity index (χ2v) is 9.79. The predicted octanol–water partition coefficient (Wildman–Crippen LogP) is 5.18. The molecular weight excluding hydrogens is 436 g/mol. The number of aromatic amines is 1. The second kappa shape index (κ2) is 8.10. The molecule has 1 spiro atoms. The summed E-state index contributed by atoms with van der Waals surface area (Å²) in [4.78, 5) is 15.1. The van der Waals surface area contributed by atoms with Crippen LogP contribution in [0.2, 0.25) is 0 Å². The molecule has 2 aliphatic rings. The summed E-state index contributed by atoms with van der Waals surface area (Å²) < 4.78 is 5.81. The highest BCUT2D eigenvalue weighted by atomic mass is 16.5. The van der Waals surface area contributed by atoms with Crippen molar-refractivity contribution in [1.82, 2.24) is 15.1 Å². The van der Waals surface area contributed by atoms with Gasteiger partial charge in [0.1, 0.15) is 5.75 Å². The Hall–Kier alpha value is -3.90.